The van der Waals surface area contributed by atoms with Crippen LogP contribution < -0.4 is 0 Å². The maximum Gasteiger partial charge on any atom is 0.254 e. The molecule has 164 valence electrons. The summed E-state index contributed by atoms with van der Waals surface area (Å²) in [4.78, 5) is 35.3. The Hall–Kier alpha value is -3.25. The predicted molar refractivity (Wildman–Crippen MR) is 123 cm³/mol. The molecule has 0 spiro atoms. The SMILES string of the molecule is O=C(c1cc(-c2ccccc2)nc2ccccc12)N1CCCC(C(=O)N2CCOCC2)C1. The van der Waals surface area contributed by atoms with Crippen LogP contribution in [0.25, 0.3) is 22.2 Å². The van der Waals surface area contributed by atoms with Crippen LogP contribution >= 0.6 is 0 Å². The van der Waals surface area contributed by atoms with Crippen LogP contribution in [0.4, 0.5) is 0 Å². The van der Waals surface area contributed by atoms with Crippen molar-refractivity contribution in [3.05, 3.63) is 66.2 Å². The molecular weight excluding hydrogens is 402 g/mol. The fourth-order valence-corrected chi connectivity index (χ4v) is 4.68. The molecule has 2 fully saturated rings. The van der Waals surface area contributed by atoms with E-state index in [-0.39, 0.29) is 17.7 Å². The Morgan fingerprint density at radius 1 is 0.906 bits per heavy atom. The quantitative estimate of drug-likeness (QED) is 0.638. The summed E-state index contributed by atoms with van der Waals surface area (Å²) in [5, 5.41) is 0.846. The zero-order chi connectivity index (χ0) is 21.9. The summed E-state index contributed by atoms with van der Waals surface area (Å²) in [7, 11) is 0. The van der Waals surface area contributed by atoms with E-state index in [1.165, 1.54) is 0 Å². The number of nitrogens with zero attached hydrogens (tertiary/aromatic N) is 3. The maximum absolute atomic E-state index is 13.7. The van der Waals surface area contributed by atoms with Crippen molar-refractivity contribution in [2.75, 3.05) is 39.4 Å². The second-order valence-corrected chi connectivity index (χ2v) is 8.47. The molecular formula is C26H27N3O3. The zero-order valence-corrected chi connectivity index (χ0v) is 18.1. The highest BCUT2D eigenvalue weighted by Gasteiger charge is 2.32. The summed E-state index contributed by atoms with van der Waals surface area (Å²) < 4.78 is 5.38. The van der Waals surface area contributed by atoms with E-state index in [9.17, 15) is 9.59 Å². The van der Waals surface area contributed by atoms with E-state index in [2.05, 4.69) is 0 Å². The third-order valence-electron chi connectivity index (χ3n) is 6.40. The monoisotopic (exact) mass is 429 g/mol. The Bertz CT molecular complexity index is 1130. The molecule has 3 aromatic rings. The Labute approximate surface area is 187 Å². The second-order valence-electron chi connectivity index (χ2n) is 8.47. The van der Waals surface area contributed by atoms with Gasteiger partial charge in [-0.25, -0.2) is 4.98 Å². The van der Waals surface area contributed by atoms with E-state index in [4.69, 9.17) is 9.72 Å². The average molecular weight is 430 g/mol. The molecule has 0 saturated carbocycles. The molecule has 2 aliphatic rings. The maximum atomic E-state index is 13.7. The van der Waals surface area contributed by atoms with Crippen LogP contribution in [0.1, 0.15) is 23.2 Å². The first kappa shape index (κ1) is 20.6. The van der Waals surface area contributed by atoms with Crippen LogP contribution in [0.5, 0.6) is 0 Å². The van der Waals surface area contributed by atoms with Crippen molar-refractivity contribution in [2.24, 2.45) is 5.92 Å². The van der Waals surface area contributed by atoms with E-state index < -0.39 is 0 Å². The molecule has 32 heavy (non-hydrogen) atoms. The van der Waals surface area contributed by atoms with Gasteiger partial charge in [-0.1, -0.05) is 48.5 Å². The van der Waals surface area contributed by atoms with Crippen LogP contribution in [0, 0.1) is 5.92 Å². The number of amides is 2. The van der Waals surface area contributed by atoms with Gasteiger partial charge in [0.1, 0.15) is 0 Å². The Kier molecular flexibility index (Phi) is 5.86. The number of hydrogen-bond donors (Lipinski definition) is 0. The third kappa shape index (κ3) is 4.10. The van der Waals surface area contributed by atoms with Gasteiger partial charge in [-0.2, -0.15) is 0 Å². The Morgan fingerprint density at radius 3 is 2.47 bits per heavy atom. The molecule has 1 aromatic heterocycles. The van der Waals surface area contributed by atoms with Gasteiger partial charge < -0.3 is 14.5 Å². The average Bonchev–Trinajstić information content (AvgIpc) is 2.88. The minimum Gasteiger partial charge on any atom is -0.378 e. The fraction of sp³-hybridized carbons (Fsp3) is 0.346. The number of ether oxygens (including phenoxy) is 1. The van der Waals surface area contributed by atoms with Crippen molar-refractivity contribution in [2.45, 2.75) is 12.8 Å². The summed E-state index contributed by atoms with van der Waals surface area (Å²) >= 11 is 0. The molecule has 1 unspecified atom stereocenters. The lowest BCUT2D eigenvalue weighted by Gasteiger charge is -2.36. The first-order chi connectivity index (χ1) is 15.7. The summed E-state index contributed by atoms with van der Waals surface area (Å²) in [6.07, 6.45) is 1.66. The summed E-state index contributed by atoms with van der Waals surface area (Å²) in [6, 6.07) is 19.6. The smallest absolute Gasteiger partial charge is 0.254 e. The van der Waals surface area contributed by atoms with Crippen molar-refractivity contribution in [1.82, 2.24) is 14.8 Å². The topological polar surface area (TPSA) is 62.7 Å². The van der Waals surface area contributed by atoms with Crippen LogP contribution in [0.2, 0.25) is 0 Å². The van der Waals surface area contributed by atoms with E-state index in [0.29, 0.717) is 45.0 Å². The molecule has 1 atom stereocenters. The van der Waals surface area contributed by atoms with Crippen LogP contribution in [0.15, 0.2) is 60.7 Å². The fourth-order valence-electron chi connectivity index (χ4n) is 4.68. The lowest BCUT2D eigenvalue weighted by atomic mass is 9.95. The molecule has 6 heteroatoms. The molecule has 2 aliphatic heterocycles. The molecule has 0 N–H and O–H groups in total. The normalized spacial score (nSPS) is 19.2. The molecule has 0 aliphatic carbocycles. The number of fused-ring (bicyclic) bond motifs is 1. The Balaban J connectivity index is 1.44. The third-order valence-corrected chi connectivity index (χ3v) is 6.40. The van der Waals surface area contributed by atoms with Gasteiger partial charge in [0, 0.05) is 37.1 Å². The van der Waals surface area contributed by atoms with Gasteiger partial charge in [-0.15, -0.1) is 0 Å². The number of carbonyl (C=O) groups excluding carboxylic acids is 2. The molecule has 2 aromatic carbocycles. The summed E-state index contributed by atoms with van der Waals surface area (Å²) in [5.74, 6) is -0.0249. The number of aromatic nitrogens is 1. The number of carbonyl (C=O) groups is 2. The first-order valence-electron chi connectivity index (χ1n) is 11.3. The summed E-state index contributed by atoms with van der Waals surface area (Å²) in [6.45, 7) is 3.59. The van der Waals surface area contributed by atoms with Crippen LogP contribution in [-0.4, -0.2) is 66.0 Å². The first-order valence-corrected chi connectivity index (χ1v) is 11.3. The van der Waals surface area contributed by atoms with Gasteiger partial charge in [0.15, 0.2) is 0 Å². The van der Waals surface area contributed by atoms with E-state index >= 15 is 0 Å². The second kappa shape index (κ2) is 9.09. The van der Waals surface area contributed by atoms with Gasteiger partial charge in [0.25, 0.3) is 5.91 Å². The number of likely N-dealkylation sites (tertiary alicyclic amines) is 1. The number of benzene rings is 2. The molecule has 0 bridgehead atoms. The predicted octanol–water partition coefficient (Wildman–Crippen LogP) is 3.61. The lowest BCUT2D eigenvalue weighted by Crippen LogP contribution is -2.49. The highest BCUT2D eigenvalue weighted by atomic mass is 16.5. The van der Waals surface area contributed by atoms with Crippen LogP contribution in [-0.2, 0) is 9.53 Å². The molecule has 6 nitrogen and oxygen atoms in total. The zero-order valence-electron chi connectivity index (χ0n) is 18.1. The van der Waals surface area contributed by atoms with E-state index in [0.717, 1.165) is 35.0 Å². The number of morpholine rings is 1. The molecule has 5 rings (SSSR count). The number of rotatable bonds is 3. The highest BCUT2D eigenvalue weighted by Crippen LogP contribution is 2.28. The van der Waals surface area contributed by atoms with Crippen molar-refractivity contribution >= 4 is 22.7 Å². The molecule has 2 amide bonds. The molecule has 0 radical (unpaired) electrons. The standard InChI is InChI=1S/C26H27N3O3/c30-25(28-13-15-32-16-14-28)20-9-6-12-29(18-20)26(31)22-17-24(19-7-2-1-3-8-19)27-23-11-5-4-10-21(22)23/h1-5,7-8,10-11,17,20H,6,9,12-16,18H2. The van der Waals surface area contributed by atoms with Gasteiger partial charge in [0.05, 0.1) is 35.9 Å². The number of para-hydroxylation sites is 1. The molecule has 2 saturated heterocycles. The summed E-state index contributed by atoms with van der Waals surface area (Å²) in [5.41, 5.74) is 3.21. The molecule has 3 heterocycles. The number of piperidine rings is 1. The minimum absolute atomic E-state index is 0.0275. The lowest BCUT2D eigenvalue weighted by molar-refractivity contribution is -0.141. The highest BCUT2D eigenvalue weighted by molar-refractivity contribution is 6.07. The van der Waals surface area contributed by atoms with E-state index in [1.54, 1.807) is 0 Å². The van der Waals surface area contributed by atoms with Gasteiger partial charge in [0.2, 0.25) is 5.91 Å². The minimum atomic E-state index is -0.146. The van der Waals surface area contributed by atoms with Crippen molar-refractivity contribution in [3.63, 3.8) is 0 Å². The van der Waals surface area contributed by atoms with Crippen LogP contribution in [0.3, 0.4) is 0 Å². The number of hydrogen-bond acceptors (Lipinski definition) is 4. The Morgan fingerprint density at radius 2 is 1.66 bits per heavy atom. The van der Waals surface area contributed by atoms with Gasteiger partial charge >= 0.3 is 0 Å². The number of pyridine rings is 1. The van der Waals surface area contributed by atoms with Crippen molar-refractivity contribution in [3.8, 4) is 11.3 Å². The largest absolute Gasteiger partial charge is 0.378 e. The van der Waals surface area contributed by atoms with Gasteiger partial charge in [-0.3, -0.25) is 9.59 Å². The van der Waals surface area contributed by atoms with Crippen molar-refractivity contribution < 1.29 is 14.3 Å². The van der Waals surface area contributed by atoms with Gasteiger partial charge in [-0.05, 0) is 25.0 Å². The van der Waals surface area contributed by atoms with E-state index in [1.807, 2.05) is 70.5 Å². The van der Waals surface area contributed by atoms with Crippen molar-refractivity contribution in [1.29, 1.82) is 0 Å².